The Hall–Kier alpha value is -0.240. The van der Waals surface area contributed by atoms with Crippen LogP contribution in [0.3, 0.4) is 0 Å². The standard InChI is InChI=1S/C16H31N2O3P/c1-11(2)18(12(3)4)22(19-10-8-9-17)21-16-13(5)14(6)20-15(16)7/h11-16H,8,10H2,1-7H3/t13-,14-,15+,16-,22?/m1/s1/i6D. The van der Waals surface area contributed by atoms with E-state index in [9.17, 15) is 0 Å². The lowest BCUT2D eigenvalue weighted by Crippen LogP contribution is -2.36. The van der Waals surface area contributed by atoms with Crippen LogP contribution in [0.1, 0.15) is 56.2 Å². The van der Waals surface area contributed by atoms with Gasteiger partial charge in [0.2, 0.25) is 0 Å². The predicted octanol–water partition coefficient (Wildman–Crippen LogP) is 4.09. The molecule has 0 amide bonds. The zero-order chi connectivity index (χ0) is 17.6. The Morgan fingerprint density at radius 1 is 1.27 bits per heavy atom. The average Bonchev–Trinajstić information content (AvgIpc) is 2.74. The minimum absolute atomic E-state index is 0.0499. The molecule has 1 aliphatic rings. The van der Waals surface area contributed by atoms with Gasteiger partial charge in [-0.05, 0) is 41.5 Å². The highest BCUT2D eigenvalue weighted by atomic mass is 31.2. The summed E-state index contributed by atoms with van der Waals surface area (Å²) in [5.74, 6) is 0.160. The molecule has 1 unspecified atom stereocenters. The summed E-state index contributed by atoms with van der Waals surface area (Å²) in [5.41, 5.74) is 0. The number of ether oxygens (including phenoxy) is 1. The van der Waals surface area contributed by atoms with Gasteiger partial charge in [0.1, 0.15) is 0 Å². The van der Waals surface area contributed by atoms with Gasteiger partial charge in [0, 0.05) is 19.4 Å². The molecule has 1 aliphatic heterocycles. The molecule has 128 valence electrons. The highest BCUT2D eigenvalue weighted by molar-refractivity contribution is 7.44. The van der Waals surface area contributed by atoms with Gasteiger partial charge < -0.3 is 13.8 Å². The lowest BCUT2D eigenvalue weighted by Gasteiger charge is -2.37. The highest BCUT2D eigenvalue weighted by Crippen LogP contribution is 2.49. The second kappa shape index (κ2) is 9.15. The van der Waals surface area contributed by atoms with E-state index in [1.54, 1.807) is 0 Å². The summed E-state index contributed by atoms with van der Waals surface area (Å²) in [6.07, 6.45) is 0.135. The van der Waals surface area contributed by atoms with Crippen LogP contribution >= 0.6 is 8.53 Å². The number of rotatable bonds is 8. The van der Waals surface area contributed by atoms with Crippen LogP contribution in [-0.4, -0.2) is 41.7 Å². The SMILES string of the molecule is [2H]C[C@H]1O[C@@H](C)[C@H](OP(OCCC#N)N(C(C)C)C(C)C)[C@@H]1C. The first-order valence-electron chi connectivity index (χ1n) is 8.73. The summed E-state index contributed by atoms with van der Waals surface area (Å²) in [7, 11) is -1.26. The molecule has 0 aromatic carbocycles. The van der Waals surface area contributed by atoms with Crippen LogP contribution in [0.4, 0.5) is 0 Å². The van der Waals surface area contributed by atoms with Crippen molar-refractivity contribution in [3.05, 3.63) is 0 Å². The molecule has 5 nitrogen and oxygen atoms in total. The summed E-state index contributed by atoms with van der Waals surface area (Å²) < 4.78 is 27.9. The number of nitrogens with zero attached hydrogens (tertiary/aromatic N) is 2. The molecule has 1 heterocycles. The van der Waals surface area contributed by atoms with E-state index >= 15 is 0 Å². The van der Waals surface area contributed by atoms with Crippen molar-refractivity contribution >= 4 is 8.53 Å². The third kappa shape index (κ3) is 5.15. The first-order valence-corrected chi connectivity index (χ1v) is 9.16. The summed E-state index contributed by atoms with van der Waals surface area (Å²) in [4.78, 5) is 0. The number of hydrogen-bond donors (Lipinski definition) is 0. The molecule has 22 heavy (non-hydrogen) atoms. The molecule has 0 N–H and O–H groups in total. The summed E-state index contributed by atoms with van der Waals surface area (Å²) in [5, 5.41) is 8.75. The Bertz CT molecular complexity index is 384. The van der Waals surface area contributed by atoms with Gasteiger partial charge in [-0.1, -0.05) is 6.92 Å². The molecule has 0 aliphatic carbocycles. The maximum atomic E-state index is 8.75. The van der Waals surface area contributed by atoms with Crippen molar-refractivity contribution in [2.75, 3.05) is 6.61 Å². The van der Waals surface area contributed by atoms with E-state index in [-0.39, 0.29) is 43.2 Å². The average molecular weight is 331 g/mol. The van der Waals surface area contributed by atoms with Gasteiger partial charge in [0.05, 0.1) is 37.4 Å². The largest absolute Gasteiger partial charge is 0.372 e. The fourth-order valence-electron chi connectivity index (χ4n) is 2.70. The Labute approximate surface area is 138 Å². The van der Waals surface area contributed by atoms with E-state index in [1.165, 1.54) is 0 Å². The Morgan fingerprint density at radius 2 is 1.91 bits per heavy atom. The van der Waals surface area contributed by atoms with E-state index in [0.717, 1.165) is 0 Å². The van der Waals surface area contributed by atoms with Crippen molar-refractivity contribution in [2.45, 2.75) is 85.3 Å². The maximum absolute atomic E-state index is 8.75. The van der Waals surface area contributed by atoms with Crippen molar-refractivity contribution in [2.24, 2.45) is 5.92 Å². The van der Waals surface area contributed by atoms with Gasteiger partial charge in [-0.3, -0.25) is 0 Å². The van der Waals surface area contributed by atoms with Crippen LogP contribution in [0.2, 0.25) is 0 Å². The molecule has 0 aromatic heterocycles. The smallest absolute Gasteiger partial charge is 0.259 e. The molecule has 0 aromatic rings. The van der Waals surface area contributed by atoms with E-state index < -0.39 is 8.53 Å². The minimum Gasteiger partial charge on any atom is -0.372 e. The van der Waals surface area contributed by atoms with Crippen molar-refractivity contribution in [3.63, 3.8) is 0 Å². The van der Waals surface area contributed by atoms with Gasteiger partial charge in [-0.25, -0.2) is 4.67 Å². The van der Waals surface area contributed by atoms with Gasteiger partial charge in [0.15, 0.2) is 0 Å². The van der Waals surface area contributed by atoms with Crippen molar-refractivity contribution in [1.29, 1.82) is 5.26 Å². The van der Waals surface area contributed by atoms with Gasteiger partial charge >= 0.3 is 0 Å². The third-order valence-corrected chi connectivity index (χ3v) is 5.96. The lowest BCUT2D eigenvalue weighted by atomic mass is 10.0. The molecule has 0 spiro atoms. The van der Waals surface area contributed by atoms with Crippen LogP contribution in [0.15, 0.2) is 0 Å². The molecular weight excluding hydrogens is 299 g/mol. The first kappa shape index (κ1) is 18.1. The first-order chi connectivity index (χ1) is 10.8. The molecule has 5 atom stereocenters. The van der Waals surface area contributed by atoms with Crippen molar-refractivity contribution in [1.82, 2.24) is 4.67 Å². The van der Waals surface area contributed by atoms with Crippen LogP contribution in [0.5, 0.6) is 0 Å². The summed E-state index contributed by atoms with van der Waals surface area (Å²) >= 11 is 0. The van der Waals surface area contributed by atoms with E-state index in [0.29, 0.717) is 13.0 Å². The van der Waals surface area contributed by atoms with Crippen molar-refractivity contribution < 1.29 is 15.2 Å². The lowest BCUT2D eigenvalue weighted by molar-refractivity contribution is 0.0297. The van der Waals surface area contributed by atoms with Crippen LogP contribution < -0.4 is 0 Å². The zero-order valence-corrected chi connectivity index (χ0v) is 15.5. The fourth-order valence-corrected chi connectivity index (χ4v) is 4.57. The molecule has 6 heteroatoms. The second-order valence-electron chi connectivity index (χ2n) is 6.36. The third-order valence-electron chi connectivity index (χ3n) is 3.83. The Balaban J connectivity index is 2.85. The Kier molecular flexibility index (Phi) is 7.53. The second-order valence-corrected chi connectivity index (χ2v) is 7.76. The molecular formula is C16H31N2O3P. The zero-order valence-electron chi connectivity index (χ0n) is 15.7. The number of hydrogen-bond acceptors (Lipinski definition) is 5. The number of nitriles is 1. The van der Waals surface area contributed by atoms with Gasteiger partial charge in [-0.2, -0.15) is 5.26 Å². The molecule has 0 radical (unpaired) electrons. The molecule has 1 saturated heterocycles. The van der Waals surface area contributed by atoms with E-state index in [4.69, 9.17) is 20.4 Å². The maximum Gasteiger partial charge on any atom is 0.259 e. The molecule has 1 fully saturated rings. The Morgan fingerprint density at radius 3 is 2.36 bits per heavy atom. The topological polar surface area (TPSA) is 54.7 Å². The monoisotopic (exact) mass is 331 g/mol. The molecule has 0 bridgehead atoms. The normalized spacial score (nSPS) is 30.8. The van der Waals surface area contributed by atoms with Crippen LogP contribution in [0.25, 0.3) is 0 Å². The van der Waals surface area contributed by atoms with E-state index in [2.05, 4.69) is 45.4 Å². The quantitative estimate of drug-likeness (QED) is 0.495. The predicted molar refractivity (Wildman–Crippen MR) is 89.3 cm³/mol. The van der Waals surface area contributed by atoms with Gasteiger partial charge in [-0.15, -0.1) is 0 Å². The fraction of sp³-hybridized carbons (Fsp3) is 0.938. The minimum atomic E-state index is -1.26. The van der Waals surface area contributed by atoms with Crippen LogP contribution in [-0.2, 0) is 13.8 Å². The summed E-state index contributed by atoms with van der Waals surface area (Å²) in [6, 6.07) is 2.67. The van der Waals surface area contributed by atoms with Gasteiger partial charge in [0.25, 0.3) is 8.53 Å². The molecule has 0 saturated carbocycles. The van der Waals surface area contributed by atoms with Crippen molar-refractivity contribution in [3.8, 4) is 6.07 Å². The van der Waals surface area contributed by atoms with Crippen LogP contribution in [0, 0.1) is 17.2 Å². The molecule has 1 rings (SSSR count). The highest BCUT2D eigenvalue weighted by Gasteiger charge is 2.41. The summed E-state index contributed by atoms with van der Waals surface area (Å²) in [6.45, 7) is 13.2. The van der Waals surface area contributed by atoms with E-state index in [1.807, 2.05) is 6.92 Å².